The van der Waals surface area contributed by atoms with E-state index in [1.807, 2.05) is 5.32 Å². The highest BCUT2D eigenvalue weighted by atomic mass is 32.2. The number of hydrogen-bond donors (Lipinski definition) is 1. The van der Waals surface area contributed by atoms with Crippen LogP contribution >= 0.6 is 0 Å². The minimum Gasteiger partial charge on any atom is -0.487 e. The number of rotatable bonds is 11. The normalized spacial score (nSPS) is 12.4. The van der Waals surface area contributed by atoms with Crippen LogP contribution in [-0.2, 0) is 23.0 Å². The van der Waals surface area contributed by atoms with Gasteiger partial charge >= 0.3 is 12.3 Å². The van der Waals surface area contributed by atoms with Crippen molar-refractivity contribution in [3.63, 3.8) is 0 Å². The highest BCUT2D eigenvalue weighted by Gasteiger charge is 2.41. The Balaban J connectivity index is 1.45. The number of hydrogen-bond acceptors (Lipinski definition) is 3. The molecule has 0 atom stereocenters. The molecule has 1 aromatic heterocycles. The van der Waals surface area contributed by atoms with Gasteiger partial charge in [-0.25, -0.2) is 30.0 Å². The van der Waals surface area contributed by atoms with Crippen molar-refractivity contribution in [1.29, 1.82) is 0 Å². The first kappa shape index (κ1) is 27.5. The number of quaternary nitrogens is 1. The van der Waals surface area contributed by atoms with Gasteiger partial charge in [-0.05, 0) is 60.2 Å². The molecule has 1 heterocycles. The third-order valence-electron chi connectivity index (χ3n) is 5.83. The summed E-state index contributed by atoms with van der Waals surface area (Å²) in [5.41, 5.74) is 1.49. The molecule has 0 aliphatic heterocycles. The van der Waals surface area contributed by atoms with Crippen molar-refractivity contribution in [2.45, 2.75) is 30.2 Å². The molecule has 2 N–H and O–H groups in total. The lowest BCUT2D eigenvalue weighted by molar-refractivity contribution is -0.670. The topological polar surface area (TPSA) is 64.9 Å². The molecule has 4 aromatic rings. The summed E-state index contributed by atoms with van der Waals surface area (Å²) in [6.45, 7) is -0.547. The van der Waals surface area contributed by atoms with Crippen LogP contribution in [0.3, 0.4) is 0 Å². The summed E-state index contributed by atoms with van der Waals surface area (Å²) >= 11 is 0. The minimum atomic E-state index is -4.26. The number of alkyl halides is 4. The van der Waals surface area contributed by atoms with Crippen molar-refractivity contribution in [2.75, 3.05) is 13.2 Å². The van der Waals surface area contributed by atoms with Crippen LogP contribution in [0, 0.1) is 11.6 Å². The van der Waals surface area contributed by atoms with Gasteiger partial charge in [0.1, 0.15) is 23.9 Å². The number of aromatic nitrogens is 1. The first-order valence-corrected chi connectivity index (χ1v) is 12.9. The first-order valence-electron chi connectivity index (χ1n) is 11.5. The molecule has 0 bridgehead atoms. The van der Waals surface area contributed by atoms with Gasteiger partial charge in [-0.2, -0.15) is 8.78 Å². The van der Waals surface area contributed by atoms with Gasteiger partial charge in [0, 0.05) is 23.6 Å². The van der Waals surface area contributed by atoms with Gasteiger partial charge in [0.05, 0.1) is 17.0 Å². The van der Waals surface area contributed by atoms with E-state index in [0.29, 0.717) is 36.0 Å². The molecular weight excluding hydrogens is 534 g/mol. The van der Waals surface area contributed by atoms with E-state index in [1.54, 1.807) is 12.1 Å². The van der Waals surface area contributed by atoms with Gasteiger partial charge in [-0.15, -0.1) is 0 Å². The number of nitrogens with zero attached hydrogens (tertiary/aromatic N) is 1. The van der Waals surface area contributed by atoms with Gasteiger partial charge in [-0.3, -0.25) is 0 Å². The second-order valence-electron chi connectivity index (χ2n) is 8.60. The third kappa shape index (κ3) is 6.13. The number of benzene rings is 3. The zero-order valence-electron chi connectivity index (χ0n) is 19.8. The van der Waals surface area contributed by atoms with E-state index in [-0.39, 0.29) is 16.2 Å². The molecule has 38 heavy (non-hydrogen) atoms. The standard InChI is InChI=1S/C26H22F6N2O3S/c27-19-4-7-22(8-5-19)38(35,36)34-15-18(23-9-6-20(28)13-24(23)34)10-11-33-14-17-2-1-3-21(12-17)37-16-26(31,32)25(29)30/h1-9,12-13,15,25,33H,10-11,14,16H2/p+1. The van der Waals surface area contributed by atoms with E-state index in [1.165, 1.54) is 30.5 Å². The summed E-state index contributed by atoms with van der Waals surface area (Å²) in [6.07, 6.45) is -2.01. The van der Waals surface area contributed by atoms with Crippen molar-refractivity contribution in [1.82, 2.24) is 3.97 Å². The predicted molar refractivity (Wildman–Crippen MR) is 128 cm³/mol. The fraction of sp³-hybridized carbons (Fsp3) is 0.231. The second-order valence-corrected chi connectivity index (χ2v) is 10.4. The van der Waals surface area contributed by atoms with E-state index in [2.05, 4.69) is 0 Å². The van der Waals surface area contributed by atoms with Crippen LogP contribution in [0.4, 0.5) is 26.3 Å². The molecule has 5 nitrogen and oxygen atoms in total. The van der Waals surface area contributed by atoms with Crippen LogP contribution in [0.25, 0.3) is 10.9 Å². The maximum absolute atomic E-state index is 14.0. The number of fused-ring (bicyclic) bond motifs is 1. The summed E-state index contributed by atoms with van der Waals surface area (Å²) in [4.78, 5) is -0.147. The summed E-state index contributed by atoms with van der Waals surface area (Å²) < 4.78 is 110. The van der Waals surface area contributed by atoms with Crippen molar-refractivity contribution in [3.8, 4) is 5.75 Å². The van der Waals surface area contributed by atoms with Crippen molar-refractivity contribution >= 4 is 20.9 Å². The van der Waals surface area contributed by atoms with Crippen LogP contribution in [0.1, 0.15) is 11.1 Å². The Bertz CT molecular complexity index is 1520. The third-order valence-corrected chi connectivity index (χ3v) is 7.52. The molecule has 0 saturated carbocycles. The van der Waals surface area contributed by atoms with Gasteiger partial charge in [0.25, 0.3) is 10.0 Å². The molecule has 0 aliphatic carbocycles. The van der Waals surface area contributed by atoms with Gasteiger partial charge in [0.2, 0.25) is 0 Å². The van der Waals surface area contributed by atoms with Gasteiger partial charge < -0.3 is 10.1 Å². The fourth-order valence-electron chi connectivity index (χ4n) is 3.89. The minimum absolute atomic E-state index is 0.0346. The molecule has 0 radical (unpaired) electrons. The van der Waals surface area contributed by atoms with Crippen molar-refractivity contribution in [2.24, 2.45) is 0 Å². The molecule has 0 amide bonds. The lowest BCUT2D eigenvalue weighted by Crippen LogP contribution is -2.83. The summed E-state index contributed by atoms with van der Waals surface area (Å²) in [6, 6.07) is 14.3. The zero-order chi connectivity index (χ0) is 27.5. The maximum Gasteiger partial charge on any atom is 0.340 e. The largest absolute Gasteiger partial charge is 0.487 e. The fourth-order valence-corrected chi connectivity index (χ4v) is 5.27. The van der Waals surface area contributed by atoms with Crippen LogP contribution < -0.4 is 10.1 Å². The molecule has 202 valence electrons. The first-order chi connectivity index (χ1) is 18.0. The number of halogens is 6. The van der Waals surface area contributed by atoms with E-state index < -0.39 is 40.6 Å². The second kappa shape index (κ2) is 11.1. The molecule has 4 rings (SSSR count). The Labute approximate surface area is 214 Å². The lowest BCUT2D eigenvalue weighted by atomic mass is 10.1. The highest BCUT2D eigenvalue weighted by molar-refractivity contribution is 7.90. The Morgan fingerprint density at radius 2 is 1.66 bits per heavy atom. The molecule has 3 aromatic carbocycles. The van der Waals surface area contributed by atoms with Crippen LogP contribution in [0.5, 0.6) is 5.75 Å². The number of ether oxygens (including phenoxy) is 1. The lowest BCUT2D eigenvalue weighted by Gasteiger charge is -2.16. The highest BCUT2D eigenvalue weighted by Crippen LogP contribution is 2.27. The molecule has 0 spiro atoms. The van der Waals surface area contributed by atoms with Crippen molar-refractivity contribution < 1.29 is 44.8 Å². The van der Waals surface area contributed by atoms with E-state index in [0.717, 1.165) is 34.3 Å². The SMILES string of the molecule is O=S(=O)(c1ccc(F)cc1)n1cc(CC[NH2+]Cc2cccc(OCC(F)(F)C(F)F)c2)c2ccc(F)cc21. The monoisotopic (exact) mass is 557 g/mol. The predicted octanol–water partition coefficient (Wildman–Crippen LogP) is 4.74. The van der Waals surface area contributed by atoms with E-state index in [9.17, 15) is 34.8 Å². The maximum atomic E-state index is 14.0. The van der Waals surface area contributed by atoms with Crippen LogP contribution in [0.2, 0.25) is 0 Å². The Morgan fingerprint density at radius 3 is 2.37 bits per heavy atom. The summed E-state index contributed by atoms with van der Waals surface area (Å²) in [5, 5.41) is 2.43. The Morgan fingerprint density at radius 1 is 0.947 bits per heavy atom. The Kier molecular flexibility index (Phi) is 8.02. The van der Waals surface area contributed by atoms with Crippen molar-refractivity contribution in [3.05, 3.63) is 95.7 Å². The van der Waals surface area contributed by atoms with Crippen LogP contribution in [-0.4, -0.2) is 37.9 Å². The average molecular weight is 558 g/mol. The van der Waals surface area contributed by atoms with Gasteiger partial charge in [0.15, 0.2) is 6.61 Å². The molecule has 0 aliphatic rings. The molecule has 0 unspecified atom stereocenters. The number of nitrogens with two attached hydrogens (primary N) is 1. The average Bonchev–Trinajstić information content (AvgIpc) is 3.24. The van der Waals surface area contributed by atoms with Gasteiger partial charge in [-0.1, -0.05) is 12.1 Å². The summed E-state index contributed by atoms with van der Waals surface area (Å²) in [7, 11) is -4.12. The molecule has 0 fully saturated rings. The summed E-state index contributed by atoms with van der Waals surface area (Å²) in [5.74, 6) is -5.43. The van der Waals surface area contributed by atoms with E-state index in [4.69, 9.17) is 4.74 Å². The quantitative estimate of drug-likeness (QED) is 0.214. The van der Waals surface area contributed by atoms with Crippen LogP contribution in [0.15, 0.2) is 77.8 Å². The zero-order valence-corrected chi connectivity index (χ0v) is 20.6. The Hall–Kier alpha value is -3.51. The van der Waals surface area contributed by atoms with E-state index >= 15 is 0 Å². The smallest absolute Gasteiger partial charge is 0.340 e. The molecular formula is C26H23F6N2O3S+. The molecule has 0 saturated heterocycles. The molecule has 12 heteroatoms.